The van der Waals surface area contributed by atoms with Crippen LogP contribution in [0.3, 0.4) is 0 Å². The van der Waals surface area contributed by atoms with Crippen LogP contribution in [0.2, 0.25) is 0 Å². The smallest absolute Gasteiger partial charge is 0.136 e. The van der Waals surface area contributed by atoms with Gasteiger partial charge in [-0.05, 0) is 95.1 Å². The van der Waals surface area contributed by atoms with Gasteiger partial charge in [0.2, 0.25) is 0 Å². The molecule has 3 aromatic heterocycles. The van der Waals surface area contributed by atoms with Gasteiger partial charge in [-0.25, -0.2) is 0 Å². The summed E-state index contributed by atoms with van der Waals surface area (Å²) < 4.78 is 15.1. The zero-order valence-corrected chi connectivity index (χ0v) is 28.7. The maximum Gasteiger partial charge on any atom is 0.136 e. The topological polar surface area (TPSA) is 29.5 Å². The highest BCUT2D eigenvalue weighted by atomic mass is 32.1. The Labute approximate surface area is 303 Å². The molecule has 3 nitrogen and oxygen atoms in total. The third-order valence-corrected chi connectivity index (χ3v) is 11.4. The fourth-order valence-electron chi connectivity index (χ4n) is 7.90. The minimum absolute atomic E-state index is 0.895. The zero-order chi connectivity index (χ0) is 34.2. The van der Waals surface area contributed by atoms with E-state index in [4.69, 9.17) is 8.83 Å². The minimum Gasteiger partial charge on any atom is -0.456 e. The molecule has 0 fully saturated rings. The summed E-state index contributed by atoms with van der Waals surface area (Å²) in [4.78, 5) is 2.41. The van der Waals surface area contributed by atoms with Crippen molar-refractivity contribution in [2.24, 2.45) is 0 Å². The summed E-state index contributed by atoms with van der Waals surface area (Å²) in [6.45, 7) is 0. The van der Waals surface area contributed by atoms with Crippen LogP contribution >= 0.6 is 11.3 Å². The maximum atomic E-state index is 6.29. The zero-order valence-electron chi connectivity index (χ0n) is 27.9. The first-order valence-electron chi connectivity index (χ1n) is 17.5. The van der Waals surface area contributed by atoms with E-state index >= 15 is 0 Å². The van der Waals surface area contributed by atoms with Gasteiger partial charge in [-0.1, -0.05) is 103 Å². The van der Waals surface area contributed by atoms with Gasteiger partial charge in [-0.2, -0.15) is 0 Å². The van der Waals surface area contributed by atoms with Crippen molar-refractivity contribution >= 4 is 92.4 Å². The fourth-order valence-corrected chi connectivity index (χ4v) is 9.03. The molecule has 11 rings (SSSR count). The number of rotatable bonds is 5. The number of benzene rings is 8. The molecule has 0 aliphatic rings. The van der Waals surface area contributed by atoms with Crippen molar-refractivity contribution in [2.45, 2.75) is 0 Å². The molecule has 4 heteroatoms. The predicted molar refractivity (Wildman–Crippen MR) is 219 cm³/mol. The van der Waals surface area contributed by atoms with E-state index in [1.807, 2.05) is 35.6 Å². The lowest BCUT2D eigenvalue weighted by atomic mass is 9.98. The molecule has 0 aliphatic heterocycles. The summed E-state index contributed by atoms with van der Waals surface area (Å²) in [5, 5.41) is 7.08. The Bertz CT molecular complexity index is 3150. The van der Waals surface area contributed by atoms with E-state index < -0.39 is 0 Å². The molecule has 0 saturated carbocycles. The number of nitrogens with zero attached hydrogens (tertiary/aromatic N) is 1. The lowest BCUT2D eigenvalue weighted by Gasteiger charge is -2.27. The highest BCUT2D eigenvalue weighted by molar-refractivity contribution is 7.26. The Balaban J connectivity index is 1.09. The van der Waals surface area contributed by atoms with Gasteiger partial charge in [0.25, 0.3) is 0 Å². The first-order valence-corrected chi connectivity index (χ1v) is 18.3. The Hall–Kier alpha value is -6.62. The van der Waals surface area contributed by atoms with Gasteiger partial charge in [0.1, 0.15) is 22.3 Å². The van der Waals surface area contributed by atoms with Crippen LogP contribution in [0.1, 0.15) is 0 Å². The van der Waals surface area contributed by atoms with Crippen LogP contribution in [0.25, 0.3) is 86.3 Å². The van der Waals surface area contributed by atoms with Gasteiger partial charge in [-0.15, -0.1) is 11.3 Å². The number of thiophene rings is 1. The average molecular weight is 684 g/mol. The van der Waals surface area contributed by atoms with Crippen LogP contribution in [-0.4, -0.2) is 0 Å². The van der Waals surface area contributed by atoms with E-state index in [9.17, 15) is 0 Å². The molecule has 0 radical (unpaired) electrons. The van der Waals surface area contributed by atoms with Gasteiger partial charge < -0.3 is 13.7 Å². The van der Waals surface area contributed by atoms with Gasteiger partial charge in [0, 0.05) is 53.1 Å². The molecule has 8 aromatic carbocycles. The van der Waals surface area contributed by atoms with Crippen LogP contribution in [0.4, 0.5) is 17.1 Å². The second-order valence-electron chi connectivity index (χ2n) is 13.3. The van der Waals surface area contributed by atoms with Crippen LogP contribution in [0, 0.1) is 0 Å². The van der Waals surface area contributed by atoms with Crippen molar-refractivity contribution in [2.75, 3.05) is 4.90 Å². The highest BCUT2D eigenvalue weighted by Crippen LogP contribution is 2.46. The van der Waals surface area contributed by atoms with Crippen molar-refractivity contribution < 1.29 is 8.83 Å². The Morgan fingerprint density at radius 3 is 1.88 bits per heavy atom. The molecule has 0 amide bonds. The van der Waals surface area contributed by atoms with E-state index in [-0.39, 0.29) is 0 Å². The van der Waals surface area contributed by atoms with Gasteiger partial charge in [0.15, 0.2) is 0 Å². The SMILES string of the molecule is c1cc(-c2ccc3c(c2)oc2ccccc23)cc(N(c2ccc(-c3cccc4oc5ccccc5c34)cc2)c2cccc3sc4ccccc4c23)c1. The molecule has 0 saturated heterocycles. The number of hydrogen-bond donors (Lipinski definition) is 0. The normalized spacial score (nSPS) is 11.8. The lowest BCUT2D eigenvalue weighted by molar-refractivity contribution is 0.668. The summed E-state index contributed by atoms with van der Waals surface area (Å²) >= 11 is 1.84. The molecule has 0 atom stereocenters. The molecule has 3 heterocycles. The van der Waals surface area contributed by atoms with Crippen molar-refractivity contribution in [1.29, 1.82) is 0 Å². The van der Waals surface area contributed by atoms with E-state index in [1.165, 1.54) is 20.2 Å². The van der Waals surface area contributed by atoms with E-state index in [0.717, 1.165) is 83.2 Å². The molecule has 52 heavy (non-hydrogen) atoms. The molecule has 11 aromatic rings. The lowest BCUT2D eigenvalue weighted by Crippen LogP contribution is -2.10. The number of furan rings is 2. The van der Waals surface area contributed by atoms with Crippen molar-refractivity contribution in [3.8, 4) is 22.3 Å². The minimum atomic E-state index is 0.895. The molecular formula is C48H29NO2S. The van der Waals surface area contributed by atoms with E-state index in [2.05, 4.69) is 157 Å². The Morgan fingerprint density at radius 2 is 1.00 bits per heavy atom. The Morgan fingerprint density at radius 1 is 0.365 bits per heavy atom. The van der Waals surface area contributed by atoms with Gasteiger partial charge >= 0.3 is 0 Å². The monoisotopic (exact) mass is 683 g/mol. The van der Waals surface area contributed by atoms with Crippen LogP contribution < -0.4 is 4.90 Å². The van der Waals surface area contributed by atoms with E-state index in [0.29, 0.717) is 0 Å². The quantitative estimate of drug-likeness (QED) is 0.181. The molecule has 244 valence electrons. The van der Waals surface area contributed by atoms with E-state index in [1.54, 1.807) is 0 Å². The average Bonchev–Trinajstić information content (AvgIpc) is 3.90. The maximum absolute atomic E-state index is 6.29. The Kier molecular flexibility index (Phi) is 6.42. The summed E-state index contributed by atoms with van der Waals surface area (Å²) in [5.41, 5.74) is 11.5. The molecule has 0 spiro atoms. The third-order valence-electron chi connectivity index (χ3n) is 10.3. The van der Waals surface area contributed by atoms with Crippen molar-refractivity contribution in [1.82, 2.24) is 0 Å². The largest absolute Gasteiger partial charge is 0.456 e. The van der Waals surface area contributed by atoms with Gasteiger partial charge in [0.05, 0.1) is 5.69 Å². The van der Waals surface area contributed by atoms with Crippen LogP contribution in [0.5, 0.6) is 0 Å². The molecule has 0 bridgehead atoms. The van der Waals surface area contributed by atoms with Crippen LogP contribution in [0.15, 0.2) is 185 Å². The standard InChI is InChI=1S/C48H29NO2S/c1-4-17-41-36(12-1)37-27-24-32(29-44(37)51-41)31-10-7-11-34(28-31)49(40-16-9-21-46-48(40)39-14-3-6-20-45(39)52-46)33-25-22-30(23-26-33)35-15-8-19-43-47(35)38-13-2-5-18-42(38)50-43/h1-29H. The number of fused-ring (bicyclic) bond motifs is 9. The summed E-state index contributed by atoms with van der Waals surface area (Å²) in [5.74, 6) is 0. The number of hydrogen-bond acceptors (Lipinski definition) is 4. The number of para-hydroxylation sites is 2. The third kappa shape index (κ3) is 4.51. The summed E-state index contributed by atoms with van der Waals surface area (Å²) in [6.07, 6.45) is 0. The van der Waals surface area contributed by atoms with Gasteiger partial charge in [-0.3, -0.25) is 0 Å². The van der Waals surface area contributed by atoms with Crippen molar-refractivity contribution in [3.63, 3.8) is 0 Å². The summed E-state index contributed by atoms with van der Waals surface area (Å²) in [6, 6.07) is 62.6. The second kappa shape index (κ2) is 11.5. The first kappa shape index (κ1) is 29.1. The first-order chi connectivity index (χ1) is 25.8. The molecule has 0 N–H and O–H groups in total. The molecule has 0 aliphatic carbocycles. The molecular weight excluding hydrogens is 655 g/mol. The predicted octanol–water partition coefficient (Wildman–Crippen LogP) is 14.7. The fraction of sp³-hybridized carbons (Fsp3) is 0. The second-order valence-corrected chi connectivity index (χ2v) is 14.4. The summed E-state index contributed by atoms with van der Waals surface area (Å²) in [7, 11) is 0. The molecule has 0 unspecified atom stereocenters. The van der Waals surface area contributed by atoms with Crippen molar-refractivity contribution in [3.05, 3.63) is 176 Å². The number of anilines is 3. The van der Waals surface area contributed by atoms with Crippen LogP contribution in [-0.2, 0) is 0 Å². The highest BCUT2D eigenvalue weighted by Gasteiger charge is 2.20.